The van der Waals surface area contributed by atoms with E-state index in [1.54, 1.807) is 0 Å². The number of carbonyl (C=O) groups excluding carboxylic acids is 1. The average molecular weight is 315 g/mol. The molecule has 0 saturated carbocycles. The fourth-order valence-electron chi connectivity index (χ4n) is 1.67. The van der Waals surface area contributed by atoms with E-state index in [-0.39, 0.29) is 6.07 Å². The summed E-state index contributed by atoms with van der Waals surface area (Å²) in [4.78, 5) is 11.1. The maximum Gasteiger partial charge on any atom is 0.416 e. The Bertz CT molecular complexity index is 523. The van der Waals surface area contributed by atoms with E-state index in [1.807, 2.05) is 0 Å². The van der Waals surface area contributed by atoms with Crippen LogP contribution < -0.4 is 5.73 Å². The van der Waals surface area contributed by atoms with Crippen LogP contribution in [0.15, 0.2) is 18.2 Å². The van der Waals surface area contributed by atoms with Crippen LogP contribution in [0.5, 0.6) is 0 Å². The molecule has 0 bridgehead atoms. The van der Waals surface area contributed by atoms with E-state index in [9.17, 15) is 31.1 Å². The van der Waals surface area contributed by atoms with Gasteiger partial charge in [-0.25, -0.2) is 0 Å². The van der Waals surface area contributed by atoms with Crippen LogP contribution in [0.3, 0.4) is 0 Å². The lowest BCUT2D eigenvalue weighted by atomic mass is 9.97. The zero-order chi connectivity index (χ0) is 16.4. The first-order chi connectivity index (χ1) is 9.46. The van der Waals surface area contributed by atoms with Crippen LogP contribution in [0.25, 0.3) is 0 Å². The maximum atomic E-state index is 12.8. The number of halogens is 6. The molecule has 0 radical (unpaired) electrons. The molecule has 0 spiro atoms. The van der Waals surface area contributed by atoms with Crippen molar-refractivity contribution in [2.24, 2.45) is 5.73 Å². The van der Waals surface area contributed by atoms with Gasteiger partial charge in [0.15, 0.2) is 0 Å². The van der Waals surface area contributed by atoms with E-state index in [2.05, 4.69) is 4.74 Å². The van der Waals surface area contributed by atoms with E-state index >= 15 is 0 Å². The minimum absolute atomic E-state index is 0.000662. The summed E-state index contributed by atoms with van der Waals surface area (Å²) in [5, 5.41) is 0. The van der Waals surface area contributed by atoms with Crippen molar-refractivity contribution in [1.29, 1.82) is 0 Å². The monoisotopic (exact) mass is 315 g/mol. The minimum Gasteiger partial charge on any atom is -0.468 e. The number of esters is 1. The van der Waals surface area contributed by atoms with Crippen LogP contribution in [0, 0.1) is 0 Å². The van der Waals surface area contributed by atoms with Crippen LogP contribution in [0.1, 0.15) is 16.7 Å². The number of alkyl halides is 6. The van der Waals surface area contributed by atoms with Crippen molar-refractivity contribution < 1.29 is 35.9 Å². The Morgan fingerprint density at radius 3 is 2.19 bits per heavy atom. The highest BCUT2D eigenvalue weighted by Crippen LogP contribution is 2.37. The van der Waals surface area contributed by atoms with Crippen LogP contribution in [0.4, 0.5) is 26.3 Å². The van der Waals surface area contributed by atoms with Gasteiger partial charge in [-0.1, -0.05) is 6.07 Å². The number of ether oxygens (including phenoxy) is 1. The number of benzene rings is 1. The summed E-state index contributed by atoms with van der Waals surface area (Å²) in [6, 6.07) is -0.227. The van der Waals surface area contributed by atoms with Crippen LogP contribution in [-0.2, 0) is 28.3 Å². The summed E-state index contributed by atoms with van der Waals surface area (Å²) in [5.74, 6) is -0.956. The lowest BCUT2D eigenvalue weighted by Crippen LogP contribution is -2.34. The number of rotatable bonds is 3. The van der Waals surface area contributed by atoms with Gasteiger partial charge in [-0.2, -0.15) is 26.3 Å². The molecule has 0 amide bonds. The molecule has 1 atom stereocenters. The fraction of sp³-hybridized carbons (Fsp3) is 0.417. The Kier molecular flexibility index (Phi) is 4.87. The van der Waals surface area contributed by atoms with Gasteiger partial charge in [0.2, 0.25) is 0 Å². The summed E-state index contributed by atoms with van der Waals surface area (Å²) in [6.45, 7) is 0. The summed E-state index contributed by atoms with van der Waals surface area (Å²) < 4.78 is 80.1. The van der Waals surface area contributed by atoms with Crippen molar-refractivity contribution >= 4 is 5.97 Å². The van der Waals surface area contributed by atoms with Crippen molar-refractivity contribution in [3.63, 3.8) is 0 Å². The minimum atomic E-state index is -4.99. The molecular formula is C12H11F6NO2. The summed E-state index contributed by atoms with van der Waals surface area (Å²) in [6.07, 6.45) is -10.5. The highest BCUT2D eigenvalue weighted by Gasteiger charge is 2.38. The number of methoxy groups -OCH3 is 1. The second-order valence-corrected chi connectivity index (χ2v) is 4.20. The van der Waals surface area contributed by atoms with E-state index in [1.165, 1.54) is 0 Å². The van der Waals surface area contributed by atoms with Crippen molar-refractivity contribution in [1.82, 2.24) is 0 Å². The first-order valence-electron chi connectivity index (χ1n) is 5.57. The molecule has 0 unspecified atom stereocenters. The highest BCUT2D eigenvalue weighted by molar-refractivity contribution is 5.75. The first-order valence-corrected chi connectivity index (χ1v) is 5.57. The SMILES string of the molecule is COC(=O)[C@H](N)Cc1ccc(C(F)(F)F)cc1C(F)(F)F. The van der Waals surface area contributed by atoms with E-state index < -0.39 is 47.5 Å². The summed E-state index contributed by atoms with van der Waals surface area (Å²) in [5.41, 5.74) is 1.92. The number of hydrogen-bond acceptors (Lipinski definition) is 3. The van der Waals surface area contributed by atoms with Crippen molar-refractivity contribution in [2.75, 3.05) is 7.11 Å². The van der Waals surface area contributed by atoms with E-state index in [0.717, 1.165) is 7.11 Å². The van der Waals surface area contributed by atoms with Gasteiger partial charge in [0.25, 0.3) is 0 Å². The van der Waals surface area contributed by atoms with Gasteiger partial charge in [0.05, 0.1) is 18.2 Å². The first kappa shape index (κ1) is 17.3. The van der Waals surface area contributed by atoms with E-state index in [4.69, 9.17) is 5.73 Å². The third-order valence-electron chi connectivity index (χ3n) is 2.69. The maximum absolute atomic E-state index is 12.8. The molecule has 0 aliphatic rings. The fourth-order valence-corrected chi connectivity index (χ4v) is 1.67. The van der Waals surface area contributed by atoms with Gasteiger partial charge in [-0.3, -0.25) is 4.79 Å². The third kappa shape index (κ3) is 4.35. The van der Waals surface area contributed by atoms with Gasteiger partial charge in [-0.15, -0.1) is 0 Å². The zero-order valence-electron chi connectivity index (χ0n) is 10.7. The van der Waals surface area contributed by atoms with Crippen LogP contribution in [-0.4, -0.2) is 19.1 Å². The molecule has 1 aromatic rings. The standard InChI is InChI=1S/C12H11F6NO2/c1-21-10(20)9(19)4-6-2-3-7(11(13,14)15)5-8(6)12(16,17)18/h2-3,5,9H,4,19H2,1H3/t9-/m1/s1. The quantitative estimate of drug-likeness (QED) is 0.689. The predicted octanol–water partition coefficient (Wildman–Crippen LogP) is 2.77. The van der Waals surface area contributed by atoms with E-state index in [0.29, 0.717) is 12.1 Å². The lowest BCUT2D eigenvalue weighted by Gasteiger charge is -2.17. The zero-order valence-corrected chi connectivity index (χ0v) is 10.7. The Morgan fingerprint density at radius 2 is 1.76 bits per heavy atom. The summed E-state index contributed by atoms with van der Waals surface area (Å²) in [7, 11) is 1.000. The van der Waals surface area contributed by atoms with Gasteiger partial charge in [-0.05, 0) is 24.1 Å². The second-order valence-electron chi connectivity index (χ2n) is 4.20. The normalized spacial score (nSPS) is 13.9. The molecule has 0 aliphatic heterocycles. The van der Waals surface area contributed by atoms with Crippen LogP contribution >= 0.6 is 0 Å². The van der Waals surface area contributed by atoms with Crippen LogP contribution in [0.2, 0.25) is 0 Å². The predicted molar refractivity (Wildman–Crippen MR) is 60.1 cm³/mol. The Balaban J connectivity index is 3.24. The molecule has 2 N–H and O–H groups in total. The Morgan fingerprint density at radius 1 is 1.19 bits per heavy atom. The van der Waals surface area contributed by atoms with Gasteiger partial charge in [0, 0.05) is 0 Å². The van der Waals surface area contributed by atoms with Crippen molar-refractivity contribution in [2.45, 2.75) is 24.8 Å². The molecule has 0 fully saturated rings. The highest BCUT2D eigenvalue weighted by atomic mass is 19.4. The average Bonchev–Trinajstić information content (AvgIpc) is 2.35. The molecule has 21 heavy (non-hydrogen) atoms. The molecule has 9 heteroatoms. The van der Waals surface area contributed by atoms with Gasteiger partial charge in [0.1, 0.15) is 6.04 Å². The molecule has 118 valence electrons. The number of nitrogens with two attached hydrogens (primary N) is 1. The molecule has 0 aliphatic carbocycles. The molecule has 1 rings (SSSR count). The van der Waals surface area contributed by atoms with Gasteiger partial charge >= 0.3 is 18.3 Å². The summed E-state index contributed by atoms with van der Waals surface area (Å²) >= 11 is 0. The molecular weight excluding hydrogens is 304 g/mol. The van der Waals surface area contributed by atoms with Gasteiger partial charge < -0.3 is 10.5 Å². The Hall–Kier alpha value is -1.77. The lowest BCUT2D eigenvalue weighted by molar-refractivity contribution is -0.145. The smallest absolute Gasteiger partial charge is 0.416 e. The second kappa shape index (κ2) is 5.92. The number of carbonyl (C=O) groups is 1. The molecule has 1 aromatic carbocycles. The number of hydrogen-bond donors (Lipinski definition) is 1. The Labute approximate surface area is 115 Å². The molecule has 3 nitrogen and oxygen atoms in total. The molecule has 0 aromatic heterocycles. The third-order valence-corrected chi connectivity index (χ3v) is 2.69. The topological polar surface area (TPSA) is 52.3 Å². The largest absolute Gasteiger partial charge is 0.468 e. The van der Waals surface area contributed by atoms with Crippen molar-refractivity contribution in [3.05, 3.63) is 34.9 Å². The van der Waals surface area contributed by atoms with Crippen molar-refractivity contribution in [3.8, 4) is 0 Å². The molecule has 0 heterocycles. The molecule has 0 saturated heterocycles.